The topological polar surface area (TPSA) is 22.1 Å². The van der Waals surface area contributed by atoms with Gasteiger partial charge < -0.3 is 4.74 Å². The van der Waals surface area contributed by atoms with Gasteiger partial charge in [-0.25, -0.2) is 4.98 Å². The van der Waals surface area contributed by atoms with Crippen LogP contribution in [0.1, 0.15) is 40.0 Å². The Balaban J connectivity index is 1.95. The zero-order chi connectivity index (χ0) is 12.3. The molecule has 2 rings (SSSR count). The predicted octanol–water partition coefficient (Wildman–Crippen LogP) is 3.92. The van der Waals surface area contributed by atoms with Crippen molar-refractivity contribution in [2.45, 2.75) is 40.0 Å². The molecule has 0 spiro atoms. The fourth-order valence-electron chi connectivity index (χ4n) is 2.92. The van der Waals surface area contributed by atoms with E-state index in [1.807, 2.05) is 18.2 Å². The average molecular weight is 233 g/mol. The van der Waals surface area contributed by atoms with Gasteiger partial charge in [0.2, 0.25) is 5.88 Å². The van der Waals surface area contributed by atoms with Gasteiger partial charge in [-0.15, -0.1) is 0 Å². The first-order valence-corrected chi connectivity index (χ1v) is 6.67. The zero-order valence-electron chi connectivity index (χ0n) is 11.1. The predicted molar refractivity (Wildman–Crippen MR) is 70.0 cm³/mol. The fraction of sp³-hybridized carbons (Fsp3) is 0.667. The molecule has 94 valence electrons. The summed E-state index contributed by atoms with van der Waals surface area (Å²) in [6.07, 6.45) is 5.75. The highest BCUT2D eigenvalue weighted by Crippen LogP contribution is 2.48. The molecule has 2 atom stereocenters. The van der Waals surface area contributed by atoms with Gasteiger partial charge in [0, 0.05) is 12.3 Å². The second-order valence-electron chi connectivity index (χ2n) is 5.73. The molecule has 2 heteroatoms. The molecule has 0 N–H and O–H groups in total. The minimum absolute atomic E-state index is 0.439. The Morgan fingerprint density at radius 3 is 2.94 bits per heavy atom. The highest BCUT2D eigenvalue weighted by molar-refractivity contribution is 5.09. The molecule has 2 nitrogen and oxygen atoms in total. The fourth-order valence-corrected chi connectivity index (χ4v) is 2.92. The Hall–Kier alpha value is -1.05. The van der Waals surface area contributed by atoms with Crippen LogP contribution in [0.2, 0.25) is 0 Å². The summed E-state index contributed by atoms with van der Waals surface area (Å²) in [7, 11) is 0. The van der Waals surface area contributed by atoms with Gasteiger partial charge >= 0.3 is 0 Å². The van der Waals surface area contributed by atoms with Crippen molar-refractivity contribution in [2.75, 3.05) is 6.61 Å². The third kappa shape index (κ3) is 2.62. The summed E-state index contributed by atoms with van der Waals surface area (Å²) in [6.45, 7) is 7.89. The molecule has 1 saturated carbocycles. The minimum atomic E-state index is 0.439. The lowest BCUT2D eigenvalue weighted by Crippen LogP contribution is -2.31. The van der Waals surface area contributed by atoms with Gasteiger partial charge in [0.15, 0.2) is 0 Å². The normalized spacial score (nSPS) is 28.6. The summed E-state index contributed by atoms with van der Waals surface area (Å²) in [5.41, 5.74) is 0.439. The van der Waals surface area contributed by atoms with Gasteiger partial charge in [-0.2, -0.15) is 0 Å². The Bertz CT molecular complexity index is 349. The molecule has 1 aromatic heterocycles. The summed E-state index contributed by atoms with van der Waals surface area (Å²) in [5, 5.41) is 0. The van der Waals surface area contributed by atoms with Crippen molar-refractivity contribution >= 4 is 0 Å². The number of rotatable bonds is 4. The van der Waals surface area contributed by atoms with Crippen molar-refractivity contribution in [1.82, 2.24) is 4.98 Å². The number of hydrogen-bond donors (Lipinski definition) is 0. The van der Waals surface area contributed by atoms with Gasteiger partial charge in [-0.1, -0.05) is 33.3 Å². The molecule has 0 aliphatic heterocycles. The average Bonchev–Trinajstić information content (AvgIpc) is 2.71. The van der Waals surface area contributed by atoms with Crippen LogP contribution in [0.3, 0.4) is 0 Å². The second kappa shape index (κ2) is 5.07. The summed E-state index contributed by atoms with van der Waals surface area (Å²) in [5.74, 6) is 2.15. The highest BCUT2D eigenvalue weighted by atomic mass is 16.5. The molecule has 0 bridgehead atoms. The Kier molecular flexibility index (Phi) is 3.70. The van der Waals surface area contributed by atoms with E-state index in [0.29, 0.717) is 11.3 Å². The number of nitrogens with zero attached hydrogens (tertiary/aromatic N) is 1. The summed E-state index contributed by atoms with van der Waals surface area (Å²) >= 11 is 0. The van der Waals surface area contributed by atoms with Crippen LogP contribution >= 0.6 is 0 Å². The van der Waals surface area contributed by atoms with Gasteiger partial charge in [0.25, 0.3) is 0 Å². The SMILES string of the molecule is CC(C)C1(C)CCCC1COc1ccccn1. The van der Waals surface area contributed by atoms with Crippen molar-refractivity contribution in [1.29, 1.82) is 0 Å². The summed E-state index contributed by atoms with van der Waals surface area (Å²) in [4.78, 5) is 4.21. The molecule has 0 radical (unpaired) electrons. The number of aromatic nitrogens is 1. The molecule has 1 aliphatic carbocycles. The van der Waals surface area contributed by atoms with Crippen molar-refractivity contribution in [2.24, 2.45) is 17.3 Å². The van der Waals surface area contributed by atoms with Crippen LogP contribution in [-0.4, -0.2) is 11.6 Å². The highest BCUT2D eigenvalue weighted by Gasteiger charge is 2.41. The molecule has 1 heterocycles. The Morgan fingerprint density at radius 1 is 1.47 bits per heavy atom. The quantitative estimate of drug-likeness (QED) is 0.786. The number of ether oxygens (including phenoxy) is 1. The van der Waals surface area contributed by atoms with E-state index < -0.39 is 0 Å². The van der Waals surface area contributed by atoms with Crippen molar-refractivity contribution in [3.05, 3.63) is 24.4 Å². The van der Waals surface area contributed by atoms with Crippen LogP contribution in [0, 0.1) is 17.3 Å². The van der Waals surface area contributed by atoms with E-state index in [2.05, 4.69) is 25.8 Å². The van der Waals surface area contributed by atoms with E-state index in [1.54, 1.807) is 6.20 Å². The molecule has 1 aliphatic rings. The van der Waals surface area contributed by atoms with Crippen molar-refractivity contribution in [3.8, 4) is 5.88 Å². The zero-order valence-corrected chi connectivity index (χ0v) is 11.1. The van der Waals surface area contributed by atoms with Gasteiger partial charge in [0.1, 0.15) is 0 Å². The molecule has 17 heavy (non-hydrogen) atoms. The van der Waals surface area contributed by atoms with Crippen LogP contribution in [-0.2, 0) is 0 Å². The molecular weight excluding hydrogens is 210 g/mol. The van der Waals surface area contributed by atoms with E-state index in [4.69, 9.17) is 4.74 Å². The van der Waals surface area contributed by atoms with E-state index in [-0.39, 0.29) is 0 Å². The molecule has 0 saturated heterocycles. The van der Waals surface area contributed by atoms with Crippen molar-refractivity contribution in [3.63, 3.8) is 0 Å². The van der Waals surface area contributed by atoms with Crippen LogP contribution in [0.15, 0.2) is 24.4 Å². The molecule has 1 aromatic rings. The lowest BCUT2D eigenvalue weighted by molar-refractivity contribution is 0.0963. The standard InChI is InChI=1S/C15H23NO/c1-12(2)15(3)9-6-7-13(15)11-17-14-8-4-5-10-16-14/h4-5,8,10,12-13H,6-7,9,11H2,1-3H3. The van der Waals surface area contributed by atoms with E-state index in [9.17, 15) is 0 Å². The van der Waals surface area contributed by atoms with E-state index in [0.717, 1.165) is 18.4 Å². The van der Waals surface area contributed by atoms with Crippen LogP contribution in [0.25, 0.3) is 0 Å². The maximum Gasteiger partial charge on any atom is 0.213 e. The van der Waals surface area contributed by atoms with Crippen LogP contribution in [0.5, 0.6) is 5.88 Å². The molecule has 0 amide bonds. The van der Waals surface area contributed by atoms with Crippen molar-refractivity contribution < 1.29 is 4.74 Å². The first kappa shape index (κ1) is 12.4. The molecule has 0 aromatic carbocycles. The lowest BCUT2D eigenvalue weighted by atomic mass is 9.71. The molecular formula is C15H23NO. The van der Waals surface area contributed by atoms with Crippen LogP contribution in [0.4, 0.5) is 0 Å². The maximum atomic E-state index is 5.82. The Morgan fingerprint density at radius 2 is 2.29 bits per heavy atom. The smallest absolute Gasteiger partial charge is 0.213 e. The minimum Gasteiger partial charge on any atom is -0.477 e. The number of hydrogen-bond acceptors (Lipinski definition) is 2. The van der Waals surface area contributed by atoms with E-state index in [1.165, 1.54) is 19.3 Å². The van der Waals surface area contributed by atoms with Gasteiger partial charge in [0.05, 0.1) is 6.61 Å². The second-order valence-corrected chi connectivity index (χ2v) is 5.73. The van der Waals surface area contributed by atoms with E-state index >= 15 is 0 Å². The van der Waals surface area contributed by atoms with Gasteiger partial charge in [-0.05, 0) is 36.2 Å². The summed E-state index contributed by atoms with van der Waals surface area (Å²) < 4.78 is 5.82. The first-order chi connectivity index (χ1) is 8.13. The monoisotopic (exact) mass is 233 g/mol. The first-order valence-electron chi connectivity index (χ1n) is 6.67. The van der Waals surface area contributed by atoms with Gasteiger partial charge in [-0.3, -0.25) is 0 Å². The molecule has 2 unspecified atom stereocenters. The number of pyridine rings is 1. The summed E-state index contributed by atoms with van der Waals surface area (Å²) in [6, 6.07) is 5.82. The van der Waals surface area contributed by atoms with Crippen LogP contribution < -0.4 is 4.74 Å². The third-order valence-corrected chi connectivity index (χ3v) is 4.59. The lowest BCUT2D eigenvalue weighted by Gasteiger charge is -2.35. The molecule has 1 fully saturated rings. The maximum absolute atomic E-state index is 5.82. The third-order valence-electron chi connectivity index (χ3n) is 4.59. The largest absolute Gasteiger partial charge is 0.477 e. The Labute approximate surface area is 104 Å².